The van der Waals surface area contributed by atoms with Crippen LogP contribution in [0, 0.1) is 13.8 Å². The summed E-state index contributed by atoms with van der Waals surface area (Å²) in [5.74, 6) is 1.60. The summed E-state index contributed by atoms with van der Waals surface area (Å²) in [6.07, 6.45) is 1.59. The Balaban J connectivity index is 1.52. The number of rotatable bonds is 11. The van der Waals surface area contributed by atoms with Crippen molar-refractivity contribution in [3.63, 3.8) is 0 Å². The number of hydrogen-bond donors (Lipinski definition) is 1. The van der Waals surface area contributed by atoms with E-state index in [-0.39, 0.29) is 11.6 Å². The Kier molecular flexibility index (Phi) is 8.36. The second-order valence-electron chi connectivity index (χ2n) is 10.3. The van der Waals surface area contributed by atoms with E-state index >= 15 is 0 Å². The minimum atomic E-state index is -0.120. The summed E-state index contributed by atoms with van der Waals surface area (Å²) < 4.78 is 7.58. The maximum Gasteiger partial charge on any atom is 0.252 e. The first-order chi connectivity index (χ1) is 19.5. The van der Waals surface area contributed by atoms with Crippen molar-refractivity contribution >= 4 is 10.9 Å². The highest BCUT2D eigenvalue weighted by atomic mass is 16.5. The van der Waals surface area contributed by atoms with E-state index in [2.05, 4.69) is 69.6 Å². The molecule has 0 unspecified atom stereocenters. The third-order valence-electron chi connectivity index (χ3n) is 7.45. The predicted octanol–water partition coefficient (Wildman–Crippen LogP) is 5.54. The van der Waals surface area contributed by atoms with E-state index in [0.29, 0.717) is 25.2 Å². The van der Waals surface area contributed by atoms with E-state index in [4.69, 9.17) is 4.74 Å². The Labute approximate surface area is 234 Å². The number of ether oxygens (including phenoxy) is 1. The molecule has 0 radical (unpaired) electrons. The van der Waals surface area contributed by atoms with Crippen molar-refractivity contribution in [3.05, 3.63) is 117 Å². The zero-order valence-corrected chi connectivity index (χ0v) is 23.6. The lowest BCUT2D eigenvalue weighted by Crippen LogP contribution is -2.32. The van der Waals surface area contributed by atoms with Crippen molar-refractivity contribution in [2.24, 2.45) is 0 Å². The van der Waals surface area contributed by atoms with Gasteiger partial charge in [-0.25, -0.2) is 4.68 Å². The fraction of sp³-hybridized carbons (Fsp3) is 0.312. The Morgan fingerprint density at radius 2 is 1.73 bits per heavy atom. The molecular formula is C32H36N6O2. The SMILES string of the molecule is CC[C@H](c1nnnn1CCc1ccccc1)N(Cc1ccccc1OC)Cc1cc2cc(C)cc(C)c2[nH]c1=O. The lowest BCUT2D eigenvalue weighted by Gasteiger charge is -2.30. The largest absolute Gasteiger partial charge is 0.496 e. The number of pyridine rings is 1. The maximum atomic E-state index is 13.4. The summed E-state index contributed by atoms with van der Waals surface area (Å²) in [7, 11) is 1.68. The van der Waals surface area contributed by atoms with Crippen LogP contribution in [0.2, 0.25) is 0 Å². The number of fused-ring (bicyclic) bond motifs is 1. The molecular weight excluding hydrogens is 500 g/mol. The molecule has 0 spiro atoms. The second kappa shape index (κ2) is 12.3. The van der Waals surface area contributed by atoms with Crippen LogP contribution < -0.4 is 10.3 Å². The summed E-state index contributed by atoms with van der Waals surface area (Å²) in [6.45, 7) is 7.90. The van der Waals surface area contributed by atoms with Gasteiger partial charge in [0.25, 0.3) is 5.56 Å². The average molecular weight is 537 g/mol. The normalized spacial score (nSPS) is 12.2. The number of aryl methyl sites for hydroxylation is 4. The average Bonchev–Trinajstić information content (AvgIpc) is 3.42. The van der Waals surface area contributed by atoms with Gasteiger partial charge in [-0.3, -0.25) is 9.69 Å². The molecule has 0 fully saturated rings. The first-order valence-electron chi connectivity index (χ1n) is 13.8. The number of nitrogens with zero attached hydrogens (tertiary/aromatic N) is 5. The van der Waals surface area contributed by atoms with E-state index in [1.165, 1.54) is 5.56 Å². The highest BCUT2D eigenvalue weighted by molar-refractivity contribution is 5.82. The van der Waals surface area contributed by atoms with Gasteiger partial charge >= 0.3 is 0 Å². The molecule has 3 aromatic carbocycles. The van der Waals surface area contributed by atoms with Gasteiger partial charge in [-0.2, -0.15) is 0 Å². The quantitative estimate of drug-likeness (QED) is 0.239. The fourth-order valence-corrected chi connectivity index (χ4v) is 5.49. The van der Waals surface area contributed by atoms with E-state index in [0.717, 1.165) is 52.0 Å². The van der Waals surface area contributed by atoms with Gasteiger partial charge in [0.15, 0.2) is 5.82 Å². The molecule has 0 aliphatic rings. The van der Waals surface area contributed by atoms with Crippen molar-refractivity contribution in [1.29, 1.82) is 0 Å². The molecule has 0 aliphatic carbocycles. The summed E-state index contributed by atoms with van der Waals surface area (Å²) in [5.41, 5.74) is 6.00. The Morgan fingerprint density at radius 3 is 2.50 bits per heavy atom. The number of aromatic amines is 1. The van der Waals surface area contributed by atoms with E-state index in [1.54, 1.807) is 7.11 Å². The van der Waals surface area contributed by atoms with Crippen LogP contribution in [0.4, 0.5) is 0 Å². The summed E-state index contributed by atoms with van der Waals surface area (Å²) in [5, 5.41) is 13.9. The number of para-hydroxylation sites is 1. The van der Waals surface area contributed by atoms with Crippen molar-refractivity contribution in [3.8, 4) is 5.75 Å². The molecule has 2 aromatic heterocycles. The molecule has 5 aromatic rings. The van der Waals surface area contributed by atoms with Crippen molar-refractivity contribution in [2.75, 3.05) is 7.11 Å². The van der Waals surface area contributed by atoms with Crippen LogP contribution in [0.5, 0.6) is 5.75 Å². The number of aromatic nitrogens is 5. The zero-order valence-electron chi connectivity index (χ0n) is 23.6. The van der Waals surface area contributed by atoms with Gasteiger partial charge in [-0.1, -0.05) is 67.1 Å². The van der Waals surface area contributed by atoms with Crippen LogP contribution in [0.15, 0.2) is 77.6 Å². The van der Waals surface area contributed by atoms with Crippen LogP contribution in [0.25, 0.3) is 10.9 Å². The Bertz CT molecular complexity index is 1640. The standard InChI is InChI=1S/C32H36N6O2/c1-5-28(31-34-35-36-38(31)16-15-24-11-7-6-8-12-24)37(20-25-13-9-10-14-29(25)40-4)21-27-19-26-18-22(2)17-23(3)30(26)33-32(27)39/h6-14,17-19,28H,5,15-16,20-21H2,1-4H3,(H,33,39)/t28-/m1/s1. The first-order valence-corrected chi connectivity index (χ1v) is 13.8. The van der Waals surface area contributed by atoms with Gasteiger partial charge in [0, 0.05) is 30.8 Å². The van der Waals surface area contributed by atoms with E-state index < -0.39 is 0 Å². The molecule has 40 heavy (non-hydrogen) atoms. The Hall–Kier alpha value is -4.30. The molecule has 8 nitrogen and oxygen atoms in total. The van der Waals surface area contributed by atoms with Crippen LogP contribution in [-0.2, 0) is 26.1 Å². The number of hydrogen-bond acceptors (Lipinski definition) is 6. The maximum absolute atomic E-state index is 13.4. The smallest absolute Gasteiger partial charge is 0.252 e. The van der Waals surface area contributed by atoms with Crippen LogP contribution in [0.1, 0.15) is 53.0 Å². The molecule has 8 heteroatoms. The highest BCUT2D eigenvalue weighted by Crippen LogP contribution is 2.29. The molecule has 0 saturated heterocycles. The number of methoxy groups -OCH3 is 1. The molecule has 1 N–H and O–H groups in total. The third kappa shape index (κ3) is 5.97. The lowest BCUT2D eigenvalue weighted by atomic mass is 10.0. The van der Waals surface area contributed by atoms with Gasteiger partial charge in [0.05, 0.1) is 18.7 Å². The molecule has 1 atom stereocenters. The molecule has 0 saturated carbocycles. The fourth-order valence-electron chi connectivity index (χ4n) is 5.49. The minimum absolute atomic E-state index is 0.0806. The topological polar surface area (TPSA) is 88.9 Å². The van der Waals surface area contributed by atoms with Crippen molar-refractivity contribution in [2.45, 2.75) is 59.3 Å². The molecule has 0 bridgehead atoms. The van der Waals surface area contributed by atoms with Gasteiger partial charge in [-0.05, 0) is 71.8 Å². The molecule has 0 amide bonds. The van der Waals surface area contributed by atoms with Crippen LogP contribution in [-0.4, -0.2) is 37.2 Å². The summed E-state index contributed by atoms with van der Waals surface area (Å²) in [6, 6.07) is 24.5. The van der Waals surface area contributed by atoms with Gasteiger partial charge in [-0.15, -0.1) is 5.10 Å². The van der Waals surface area contributed by atoms with Gasteiger partial charge in [0.1, 0.15) is 5.75 Å². The lowest BCUT2D eigenvalue weighted by molar-refractivity contribution is 0.159. The first kappa shape index (κ1) is 27.3. The van der Waals surface area contributed by atoms with Crippen molar-refractivity contribution < 1.29 is 4.74 Å². The van der Waals surface area contributed by atoms with Gasteiger partial charge in [0.2, 0.25) is 0 Å². The monoisotopic (exact) mass is 536 g/mol. The molecule has 5 rings (SSSR count). The number of benzene rings is 3. The summed E-state index contributed by atoms with van der Waals surface area (Å²) >= 11 is 0. The summed E-state index contributed by atoms with van der Waals surface area (Å²) in [4.78, 5) is 18.8. The highest BCUT2D eigenvalue weighted by Gasteiger charge is 2.27. The minimum Gasteiger partial charge on any atom is -0.496 e. The molecule has 0 aliphatic heterocycles. The number of nitrogens with one attached hydrogen (secondary N) is 1. The van der Waals surface area contributed by atoms with Crippen LogP contribution in [0.3, 0.4) is 0 Å². The van der Waals surface area contributed by atoms with Crippen molar-refractivity contribution in [1.82, 2.24) is 30.1 Å². The molecule has 206 valence electrons. The molecule has 2 heterocycles. The zero-order chi connectivity index (χ0) is 28.1. The third-order valence-corrected chi connectivity index (χ3v) is 7.45. The van der Waals surface area contributed by atoms with E-state index in [1.807, 2.05) is 54.1 Å². The van der Waals surface area contributed by atoms with Gasteiger partial charge < -0.3 is 9.72 Å². The predicted molar refractivity (Wildman–Crippen MR) is 157 cm³/mol. The Morgan fingerprint density at radius 1 is 0.975 bits per heavy atom. The van der Waals surface area contributed by atoms with E-state index in [9.17, 15) is 4.79 Å². The number of H-pyrrole nitrogens is 1. The van der Waals surface area contributed by atoms with Crippen LogP contribution >= 0.6 is 0 Å². The second-order valence-corrected chi connectivity index (χ2v) is 10.3. The number of tetrazole rings is 1.